The summed E-state index contributed by atoms with van der Waals surface area (Å²) in [5.41, 5.74) is 5.73. The lowest BCUT2D eigenvalue weighted by molar-refractivity contribution is 0.0757. The second kappa shape index (κ2) is 8.21. The average Bonchev–Trinajstić information content (AvgIpc) is 3.28. The van der Waals surface area contributed by atoms with Crippen molar-refractivity contribution in [2.24, 2.45) is 0 Å². The minimum Gasteiger partial charge on any atom is -0.379 e. The molecule has 3 aromatic rings. The fraction of sp³-hybridized carbons (Fsp3) is 0.409. The molecular weight excluding hydrogens is 366 g/mol. The van der Waals surface area contributed by atoms with Crippen molar-refractivity contribution in [2.45, 2.75) is 45.8 Å². The molecule has 1 aliphatic heterocycles. The number of aromatic nitrogens is 3. The number of aryl methyl sites for hydroxylation is 1. The topological polar surface area (TPSA) is 91.9 Å². The lowest BCUT2D eigenvalue weighted by atomic mass is 10.0. The number of H-pyrrole nitrogens is 1. The smallest absolute Gasteiger partial charge is 0.251 e. The molecule has 7 heteroatoms. The fourth-order valence-electron chi connectivity index (χ4n) is 3.71. The van der Waals surface area contributed by atoms with Crippen molar-refractivity contribution in [2.75, 3.05) is 18.5 Å². The van der Waals surface area contributed by atoms with Crippen LogP contribution in [0.5, 0.6) is 0 Å². The minimum atomic E-state index is -0.0573. The molecule has 1 aliphatic rings. The van der Waals surface area contributed by atoms with Crippen LogP contribution in [-0.2, 0) is 11.2 Å². The number of rotatable bonds is 7. The monoisotopic (exact) mass is 393 g/mol. The number of amides is 1. The van der Waals surface area contributed by atoms with Gasteiger partial charge in [0.05, 0.1) is 17.7 Å². The summed E-state index contributed by atoms with van der Waals surface area (Å²) in [6.45, 7) is 7.20. The third-order valence-corrected chi connectivity index (χ3v) is 5.10. The molecule has 3 N–H and O–H groups in total. The highest BCUT2D eigenvalue weighted by atomic mass is 16.5. The maximum Gasteiger partial charge on any atom is 0.251 e. The number of hydrogen-bond acceptors (Lipinski definition) is 5. The molecule has 7 nitrogen and oxygen atoms in total. The Bertz CT molecular complexity index is 1030. The van der Waals surface area contributed by atoms with E-state index < -0.39 is 0 Å². The van der Waals surface area contributed by atoms with E-state index in [1.807, 2.05) is 45.0 Å². The summed E-state index contributed by atoms with van der Waals surface area (Å²) >= 11 is 0. The van der Waals surface area contributed by atoms with Crippen molar-refractivity contribution in [1.82, 2.24) is 20.3 Å². The molecule has 0 saturated heterocycles. The molecule has 2 aromatic heterocycles. The molecule has 3 heterocycles. The van der Waals surface area contributed by atoms with Gasteiger partial charge in [0, 0.05) is 36.2 Å². The summed E-state index contributed by atoms with van der Waals surface area (Å²) in [7, 11) is 0. The van der Waals surface area contributed by atoms with Gasteiger partial charge in [-0.1, -0.05) is 6.07 Å². The number of aromatic amines is 1. The zero-order valence-corrected chi connectivity index (χ0v) is 17.1. The van der Waals surface area contributed by atoms with Gasteiger partial charge in [-0.05, 0) is 57.4 Å². The van der Waals surface area contributed by atoms with Gasteiger partial charge in [-0.3, -0.25) is 4.79 Å². The summed E-state index contributed by atoms with van der Waals surface area (Å²) in [5, 5.41) is 6.53. The van der Waals surface area contributed by atoms with Gasteiger partial charge < -0.3 is 20.4 Å². The number of carbonyl (C=O) groups is 1. The van der Waals surface area contributed by atoms with E-state index in [9.17, 15) is 4.79 Å². The lowest BCUT2D eigenvalue weighted by Gasteiger charge is -2.12. The Morgan fingerprint density at radius 1 is 1.34 bits per heavy atom. The maximum absolute atomic E-state index is 12.5. The molecule has 1 atom stereocenters. The average molecular weight is 393 g/mol. The zero-order chi connectivity index (χ0) is 20.4. The standard InChI is InChI=1S/C22H27N5O2/c1-13(2)29-10-4-8-24-22(28)16-6-5-15-11-19(27-18(15)12-16)17-7-9-23-21-20(17)25-14(3)26-21/h5-7,9,12-13,19,27H,4,8,10-11H2,1-3H3,(H,24,28)(H,23,25,26). The molecule has 0 radical (unpaired) electrons. The zero-order valence-electron chi connectivity index (χ0n) is 17.1. The highest BCUT2D eigenvalue weighted by Crippen LogP contribution is 2.36. The van der Waals surface area contributed by atoms with Crippen molar-refractivity contribution in [1.29, 1.82) is 0 Å². The second-order valence-electron chi connectivity index (χ2n) is 7.72. The van der Waals surface area contributed by atoms with Crippen LogP contribution >= 0.6 is 0 Å². The molecule has 0 spiro atoms. The van der Waals surface area contributed by atoms with Crippen molar-refractivity contribution in [3.8, 4) is 0 Å². The molecule has 29 heavy (non-hydrogen) atoms. The highest BCUT2D eigenvalue weighted by molar-refractivity contribution is 5.95. The van der Waals surface area contributed by atoms with Crippen molar-refractivity contribution >= 4 is 22.8 Å². The highest BCUT2D eigenvalue weighted by Gasteiger charge is 2.25. The van der Waals surface area contributed by atoms with Crippen molar-refractivity contribution in [3.05, 3.63) is 53.0 Å². The molecule has 0 aliphatic carbocycles. The normalized spacial score (nSPS) is 15.5. The third-order valence-electron chi connectivity index (χ3n) is 5.10. The molecule has 0 saturated carbocycles. The molecule has 0 bridgehead atoms. The van der Waals surface area contributed by atoms with Gasteiger partial charge in [-0.2, -0.15) is 0 Å². The number of benzene rings is 1. The van der Waals surface area contributed by atoms with Crippen LogP contribution in [0.3, 0.4) is 0 Å². The lowest BCUT2D eigenvalue weighted by Crippen LogP contribution is -2.25. The Hall–Kier alpha value is -2.93. The van der Waals surface area contributed by atoms with E-state index in [0.29, 0.717) is 18.7 Å². The first-order valence-corrected chi connectivity index (χ1v) is 10.1. The van der Waals surface area contributed by atoms with E-state index in [4.69, 9.17) is 4.74 Å². The van der Waals surface area contributed by atoms with Crippen LogP contribution in [0.1, 0.15) is 53.6 Å². The maximum atomic E-state index is 12.5. The SMILES string of the molecule is Cc1nc2nccc(C3Cc4ccc(C(=O)NCCCOC(C)C)cc4N3)c2[nH]1. The summed E-state index contributed by atoms with van der Waals surface area (Å²) in [6.07, 6.45) is 3.68. The van der Waals surface area contributed by atoms with Gasteiger partial charge in [-0.25, -0.2) is 9.97 Å². The first-order chi connectivity index (χ1) is 14.0. The number of carbonyl (C=O) groups excluding carboxylic acids is 1. The number of anilines is 1. The number of imidazole rings is 1. The van der Waals surface area contributed by atoms with Crippen LogP contribution in [0, 0.1) is 6.92 Å². The van der Waals surface area contributed by atoms with E-state index >= 15 is 0 Å². The van der Waals surface area contributed by atoms with Crippen LogP contribution in [0.25, 0.3) is 11.2 Å². The van der Waals surface area contributed by atoms with Crippen LogP contribution in [0.2, 0.25) is 0 Å². The van der Waals surface area contributed by atoms with Gasteiger partial charge in [0.25, 0.3) is 5.91 Å². The van der Waals surface area contributed by atoms with Gasteiger partial charge in [-0.15, -0.1) is 0 Å². The summed E-state index contributed by atoms with van der Waals surface area (Å²) in [4.78, 5) is 24.5. The Morgan fingerprint density at radius 3 is 3.03 bits per heavy atom. The van der Waals surface area contributed by atoms with Gasteiger partial charge >= 0.3 is 0 Å². The van der Waals surface area contributed by atoms with Gasteiger partial charge in [0.1, 0.15) is 5.82 Å². The van der Waals surface area contributed by atoms with Crippen LogP contribution in [0.4, 0.5) is 5.69 Å². The van der Waals surface area contributed by atoms with Crippen LogP contribution in [-0.4, -0.2) is 40.1 Å². The molecule has 1 aromatic carbocycles. The number of fused-ring (bicyclic) bond motifs is 2. The Morgan fingerprint density at radius 2 is 2.21 bits per heavy atom. The predicted molar refractivity (Wildman–Crippen MR) is 113 cm³/mol. The Labute approximate surface area is 170 Å². The summed E-state index contributed by atoms with van der Waals surface area (Å²) in [6, 6.07) is 8.02. The number of nitrogens with one attached hydrogen (secondary N) is 3. The van der Waals surface area contributed by atoms with E-state index in [-0.39, 0.29) is 18.1 Å². The summed E-state index contributed by atoms with van der Waals surface area (Å²) < 4.78 is 5.50. The number of pyridine rings is 1. The van der Waals surface area contributed by atoms with Gasteiger partial charge in [0.15, 0.2) is 5.65 Å². The number of hydrogen-bond donors (Lipinski definition) is 3. The van der Waals surface area contributed by atoms with E-state index in [2.05, 4.69) is 25.6 Å². The summed E-state index contributed by atoms with van der Waals surface area (Å²) in [5.74, 6) is 0.798. The Balaban J connectivity index is 1.42. The van der Waals surface area contributed by atoms with Crippen molar-refractivity contribution < 1.29 is 9.53 Å². The minimum absolute atomic E-state index is 0.0573. The molecule has 1 unspecified atom stereocenters. The predicted octanol–water partition coefficient (Wildman–Crippen LogP) is 3.52. The number of ether oxygens (including phenoxy) is 1. The molecule has 1 amide bonds. The second-order valence-corrected chi connectivity index (χ2v) is 7.72. The van der Waals surface area contributed by atoms with E-state index in [0.717, 1.165) is 41.1 Å². The first-order valence-electron chi connectivity index (χ1n) is 10.1. The molecular formula is C22H27N5O2. The van der Waals surface area contributed by atoms with E-state index in [1.165, 1.54) is 5.56 Å². The Kier molecular flexibility index (Phi) is 5.49. The van der Waals surface area contributed by atoms with Crippen LogP contribution in [0.15, 0.2) is 30.5 Å². The molecule has 4 rings (SSSR count). The molecule has 0 fully saturated rings. The quantitative estimate of drug-likeness (QED) is 0.534. The fourth-order valence-corrected chi connectivity index (χ4v) is 3.71. The van der Waals surface area contributed by atoms with Gasteiger partial charge in [0.2, 0.25) is 0 Å². The number of nitrogens with zero attached hydrogens (tertiary/aromatic N) is 2. The van der Waals surface area contributed by atoms with Crippen molar-refractivity contribution in [3.63, 3.8) is 0 Å². The van der Waals surface area contributed by atoms with Crippen LogP contribution < -0.4 is 10.6 Å². The first kappa shape index (κ1) is 19.4. The van der Waals surface area contributed by atoms with E-state index in [1.54, 1.807) is 6.20 Å². The largest absolute Gasteiger partial charge is 0.379 e. The molecule has 152 valence electrons. The third kappa shape index (κ3) is 4.24.